The van der Waals surface area contributed by atoms with Gasteiger partial charge in [-0.3, -0.25) is 0 Å². The van der Waals surface area contributed by atoms with Crippen molar-refractivity contribution in [1.82, 2.24) is 4.90 Å². The predicted molar refractivity (Wildman–Crippen MR) is 227 cm³/mol. The summed E-state index contributed by atoms with van der Waals surface area (Å²) in [4.78, 5) is 2.25. The fraction of sp³-hybridized carbons (Fsp3) is 0.818. The van der Waals surface area contributed by atoms with E-state index in [0.717, 1.165) is 50.7 Å². The van der Waals surface area contributed by atoms with Crippen LogP contribution >= 0.6 is 21.6 Å². The molecule has 0 aliphatic carbocycles. The summed E-state index contributed by atoms with van der Waals surface area (Å²) in [6, 6.07) is 0. The molecule has 5 heteroatoms. The summed E-state index contributed by atoms with van der Waals surface area (Å²) >= 11 is 0. The van der Waals surface area contributed by atoms with Gasteiger partial charge >= 0.3 is 0 Å². The summed E-state index contributed by atoms with van der Waals surface area (Å²) in [7, 11) is 8.21. The Morgan fingerprint density at radius 1 is 0.490 bits per heavy atom. The lowest BCUT2D eigenvalue weighted by Gasteiger charge is -2.18. The quantitative estimate of drug-likeness (QED) is 0.0356. The van der Waals surface area contributed by atoms with Crippen molar-refractivity contribution in [1.29, 1.82) is 0 Å². The monoisotopic (exact) mass is 722 g/mol. The van der Waals surface area contributed by atoms with Gasteiger partial charge < -0.3 is 14.4 Å². The van der Waals surface area contributed by atoms with Crippen LogP contribution in [-0.4, -0.2) is 63.0 Å². The van der Waals surface area contributed by atoms with Gasteiger partial charge in [-0.15, -0.1) is 0 Å². The number of hydrogen-bond acceptors (Lipinski definition) is 5. The van der Waals surface area contributed by atoms with Crippen LogP contribution in [0.2, 0.25) is 0 Å². The Bertz CT molecular complexity index is 736. The lowest BCUT2D eigenvalue weighted by molar-refractivity contribution is -0.00609. The third kappa shape index (κ3) is 43.6. The maximum Gasteiger partial charge on any atom is 0.0906 e. The lowest BCUT2D eigenvalue weighted by atomic mass is 10.1. The van der Waals surface area contributed by atoms with Gasteiger partial charge in [0.1, 0.15) is 0 Å². The first kappa shape index (κ1) is 48.5. The first-order valence-corrected chi connectivity index (χ1v) is 23.4. The second-order valence-corrected chi connectivity index (χ2v) is 16.6. The molecule has 0 radical (unpaired) electrons. The molecule has 0 aliphatic heterocycles. The average molecular weight is 722 g/mol. The van der Waals surface area contributed by atoms with Crippen molar-refractivity contribution in [3.63, 3.8) is 0 Å². The number of hydrogen-bond donors (Lipinski definition) is 0. The van der Waals surface area contributed by atoms with E-state index >= 15 is 0 Å². The Kier molecular flexibility index (Phi) is 43.3. The van der Waals surface area contributed by atoms with Crippen molar-refractivity contribution in [3.05, 3.63) is 48.6 Å². The molecule has 0 aromatic rings. The molecule has 1 atom stereocenters. The van der Waals surface area contributed by atoms with Crippen molar-refractivity contribution in [2.75, 3.05) is 52.0 Å². The first-order chi connectivity index (χ1) is 24.2. The third-order valence-corrected chi connectivity index (χ3v) is 11.1. The van der Waals surface area contributed by atoms with Gasteiger partial charge in [0.15, 0.2) is 0 Å². The summed E-state index contributed by atoms with van der Waals surface area (Å²) in [5.74, 6) is 2.17. The van der Waals surface area contributed by atoms with Gasteiger partial charge in [0, 0.05) is 31.3 Å². The smallest absolute Gasteiger partial charge is 0.0906 e. The van der Waals surface area contributed by atoms with E-state index in [1.807, 2.05) is 21.6 Å². The van der Waals surface area contributed by atoms with Crippen LogP contribution in [0.3, 0.4) is 0 Å². The highest BCUT2D eigenvalue weighted by atomic mass is 33.1. The molecule has 0 rings (SSSR count). The minimum Gasteiger partial charge on any atom is -0.379 e. The third-order valence-electron chi connectivity index (χ3n) is 8.70. The molecule has 0 aromatic carbocycles. The summed E-state index contributed by atoms with van der Waals surface area (Å²) in [6.45, 7) is 8.15. The molecule has 1 unspecified atom stereocenters. The second kappa shape index (κ2) is 43.7. The van der Waals surface area contributed by atoms with Gasteiger partial charge in [-0.05, 0) is 91.1 Å². The van der Waals surface area contributed by atoms with E-state index in [1.165, 1.54) is 148 Å². The first-order valence-electron chi connectivity index (χ1n) is 20.9. The van der Waals surface area contributed by atoms with Crippen LogP contribution in [-0.2, 0) is 9.47 Å². The topological polar surface area (TPSA) is 21.7 Å². The normalized spacial score (nSPS) is 13.1. The minimum atomic E-state index is 0.212. The highest BCUT2D eigenvalue weighted by Gasteiger charge is 2.10. The maximum absolute atomic E-state index is 6.33. The average Bonchev–Trinajstić information content (AvgIpc) is 3.09. The molecule has 0 fully saturated rings. The molecule has 3 nitrogen and oxygen atoms in total. The number of nitrogens with zero attached hydrogens (tertiary/aromatic N) is 1. The standard InChI is InChI=1S/C44H83NO2S2/c1-5-7-9-11-13-15-17-19-21-23-24-26-28-30-32-34-36-39-46-42-44(43-49-48-41-38-45(3)4)47-40-37-35-33-31-29-27-25-22-20-18-16-14-12-10-8-6-2/h14-17,20-23,44H,5-13,18-19,24-43H2,1-4H3/b16-14-,17-15-,22-20-,23-21-. The van der Waals surface area contributed by atoms with E-state index in [9.17, 15) is 0 Å². The van der Waals surface area contributed by atoms with Crippen molar-refractivity contribution >= 4 is 21.6 Å². The maximum atomic E-state index is 6.33. The van der Waals surface area contributed by atoms with Gasteiger partial charge in [0.05, 0.1) is 12.7 Å². The highest BCUT2D eigenvalue weighted by Crippen LogP contribution is 2.23. The van der Waals surface area contributed by atoms with Crippen LogP contribution in [0.4, 0.5) is 0 Å². The van der Waals surface area contributed by atoms with Crippen molar-refractivity contribution in [2.24, 2.45) is 0 Å². The molecule has 0 bridgehead atoms. The molecule has 0 saturated carbocycles. The van der Waals surface area contributed by atoms with Gasteiger partial charge in [-0.2, -0.15) is 0 Å². The molecule has 0 saturated heterocycles. The van der Waals surface area contributed by atoms with Gasteiger partial charge in [0.2, 0.25) is 0 Å². The number of allylic oxidation sites excluding steroid dienone is 8. The Morgan fingerprint density at radius 2 is 0.918 bits per heavy atom. The molecule has 0 aliphatic rings. The summed E-state index contributed by atoms with van der Waals surface area (Å²) in [5, 5.41) is 0. The molecule has 0 aromatic heterocycles. The molecular formula is C44H83NO2S2. The fourth-order valence-corrected chi connectivity index (χ4v) is 7.79. The van der Waals surface area contributed by atoms with E-state index in [0.29, 0.717) is 0 Å². The summed E-state index contributed by atoms with van der Waals surface area (Å²) in [6.07, 6.45) is 51.3. The number of rotatable bonds is 40. The Hall–Kier alpha value is -0.460. The molecule has 49 heavy (non-hydrogen) atoms. The van der Waals surface area contributed by atoms with Crippen LogP contribution < -0.4 is 0 Å². The van der Waals surface area contributed by atoms with Crippen LogP contribution in [0.15, 0.2) is 48.6 Å². The molecule has 0 spiro atoms. The van der Waals surface area contributed by atoms with E-state index in [1.54, 1.807) is 0 Å². The van der Waals surface area contributed by atoms with Gasteiger partial charge in [0.25, 0.3) is 0 Å². The SMILES string of the molecule is CCCCC/C=C\C/C=C\CCCCCCCCOC(COCCCCCCCC/C=C\C/C=C\CCCCCC)CSSCCN(C)C. The highest BCUT2D eigenvalue weighted by molar-refractivity contribution is 8.76. The zero-order chi connectivity index (χ0) is 35.6. The van der Waals surface area contributed by atoms with E-state index < -0.39 is 0 Å². The molecule has 0 amide bonds. The molecule has 288 valence electrons. The van der Waals surface area contributed by atoms with Crippen molar-refractivity contribution < 1.29 is 9.47 Å². The van der Waals surface area contributed by atoms with Crippen molar-refractivity contribution in [3.8, 4) is 0 Å². The Morgan fingerprint density at radius 3 is 1.43 bits per heavy atom. The van der Waals surface area contributed by atoms with Crippen LogP contribution in [0.1, 0.15) is 174 Å². The zero-order valence-electron chi connectivity index (χ0n) is 33.2. The van der Waals surface area contributed by atoms with Crippen LogP contribution in [0, 0.1) is 0 Å². The predicted octanol–water partition coefficient (Wildman–Crippen LogP) is 14.3. The zero-order valence-corrected chi connectivity index (χ0v) is 34.8. The summed E-state index contributed by atoms with van der Waals surface area (Å²) in [5.41, 5.74) is 0. The van der Waals surface area contributed by atoms with Crippen molar-refractivity contribution in [2.45, 2.75) is 180 Å². The van der Waals surface area contributed by atoms with E-state index in [4.69, 9.17) is 9.47 Å². The molecule has 0 heterocycles. The summed E-state index contributed by atoms with van der Waals surface area (Å²) < 4.78 is 12.5. The molecule has 0 N–H and O–H groups in total. The van der Waals surface area contributed by atoms with Crippen LogP contribution in [0.25, 0.3) is 0 Å². The molecular weight excluding hydrogens is 639 g/mol. The van der Waals surface area contributed by atoms with Gasteiger partial charge in [-0.25, -0.2) is 0 Å². The van der Waals surface area contributed by atoms with Gasteiger partial charge in [-0.1, -0.05) is 168 Å². The Labute approximate surface area is 315 Å². The number of ether oxygens (including phenoxy) is 2. The number of unbranched alkanes of at least 4 members (excludes halogenated alkanes) is 19. The van der Waals surface area contributed by atoms with E-state index in [-0.39, 0.29) is 6.10 Å². The van der Waals surface area contributed by atoms with Crippen LogP contribution in [0.5, 0.6) is 0 Å². The largest absolute Gasteiger partial charge is 0.379 e. The Balaban J connectivity index is 3.83. The lowest BCUT2D eigenvalue weighted by Crippen LogP contribution is -2.23. The fourth-order valence-electron chi connectivity index (χ4n) is 5.47. The van der Waals surface area contributed by atoms with E-state index in [2.05, 4.69) is 81.5 Å². The second-order valence-electron chi connectivity index (χ2n) is 14.0. The minimum absolute atomic E-state index is 0.212.